The Morgan fingerprint density at radius 2 is 2.15 bits per heavy atom. The van der Waals surface area contributed by atoms with E-state index in [0.717, 1.165) is 46.6 Å². The topological polar surface area (TPSA) is 65.0 Å². The summed E-state index contributed by atoms with van der Waals surface area (Å²) in [6.07, 6.45) is 0.929. The van der Waals surface area contributed by atoms with Crippen molar-refractivity contribution in [3.63, 3.8) is 0 Å². The van der Waals surface area contributed by atoms with Gasteiger partial charge in [0, 0.05) is 18.9 Å². The molecule has 0 radical (unpaired) electrons. The normalized spacial score (nSPS) is 16.5. The third kappa shape index (κ3) is 4.42. The Morgan fingerprint density at radius 1 is 1.31 bits per heavy atom. The lowest BCUT2D eigenvalue weighted by atomic mass is 9.94. The van der Waals surface area contributed by atoms with E-state index >= 15 is 0 Å². The number of esters is 1. The molecule has 5 heteroatoms. The van der Waals surface area contributed by atoms with Gasteiger partial charge in [0.15, 0.2) is 0 Å². The molecule has 0 spiro atoms. The van der Waals surface area contributed by atoms with E-state index in [1.807, 2.05) is 43.3 Å². The average molecular weight is 356 g/mol. The van der Waals surface area contributed by atoms with Crippen LogP contribution >= 0.6 is 0 Å². The molecule has 1 saturated heterocycles. The van der Waals surface area contributed by atoms with E-state index in [4.69, 9.17) is 14.2 Å². The highest BCUT2D eigenvalue weighted by Gasteiger charge is 2.19. The van der Waals surface area contributed by atoms with Gasteiger partial charge in [-0.05, 0) is 47.4 Å². The van der Waals surface area contributed by atoms with Crippen molar-refractivity contribution in [1.29, 1.82) is 0 Å². The summed E-state index contributed by atoms with van der Waals surface area (Å²) in [6, 6.07) is 11.7. The van der Waals surface area contributed by atoms with Gasteiger partial charge >= 0.3 is 5.97 Å². The standard InChI is InChI=1S/C21H24O5/c1-14-8-20(26-19-6-7-24-13-19)10-18(12-25-15(2)23)21(14)17-5-3-4-16(9-17)11-22/h3-5,8-10,19,22H,6-7,11-13H2,1-2H3/t19-/m1/s1. The van der Waals surface area contributed by atoms with E-state index in [9.17, 15) is 9.90 Å². The molecule has 1 aliphatic heterocycles. The Hall–Kier alpha value is -2.37. The summed E-state index contributed by atoms with van der Waals surface area (Å²) in [6.45, 7) is 4.88. The monoisotopic (exact) mass is 356 g/mol. The maximum atomic E-state index is 11.3. The van der Waals surface area contributed by atoms with Gasteiger partial charge in [-0.15, -0.1) is 0 Å². The summed E-state index contributed by atoms with van der Waals surface area (Å²) < 4.78 is 16.7. The van der Waals surface area contributed by atoms with Gasteiger partial charge in [-0.1, -0.05) is 18.2 Å². The molecule has 1 fully saturated rings. The van der Waals surface area contributed by atoms with Gasteiger partial charge in [0.1, 0.15) is 18.5 Å². The first-order valence-corrected chi connectivity index (χ1v) is 8.78. The predicted octanol–water partition coefficient (Wildman–Crippen LogP) is 3.39. The van der Waals surface area contributed by atoms with E-state index in [1.165, 1.54) is 6.92 Å². The van der Waals surface area contributed by atoms with Gasteiger partial charge in [0.25, 0.3) is 0 Å². The number of carbonyl (C=O) groups excluding carboxylic acids is 1. The van der Waals surface area contributed by atoms with Crippen molar-refractivity contribution in [1.82, 2.24) is 0 Å². The number of aliphatic hydroxyl groups excluding tert-OH is 1. The van der Waals surface area contributed by atoms with Gasteiger partial charge in [-0.3, -0.25) is 4.79 Å². The van der Waals surface area contributed by atoms with E-state index in [2.05, 4.69) is 0 Å². The minimum Gasteiger partial charge on any atom is -0.488 e. The summed E-state index contributed by atoms with van der Waals surface area (Å²) in [5.74, 6) is 0.426. The summed E-state index contributed by atoms with van der Waals surface area (Å²) in [4.78, 5) is 11.3. The zero-order valence-electron chi connectivity index (χ0n) is 15.2. The molecule has 0 amide bonds. The lowest BCUT2D eigenvalue weighted by Gasteiger charge is -2.18. The predicted molar refractivity (Wildman–Crippen MR) is 97.9 cm³/mol. The van der Waals surface area contributed by atoms with Gasteiger partial charge in [-0.2, -0.15) is 0 Å². The van der Waals surface area contributed by atoms with Gasteiger partial charge in [0.05, 0.1) is 19.8 Å². The molecule has 26 heavy (non-hydrogen) atoms. The van der Waals surface area contributed by atoms with Crippen molar-refractivity contribution in [2.45, 2.75) is 39.6 Å². The molecule has 1 N–H and O–H groups in total. The van der Waals surface area contributed by atoms with Crippen LogP contribution in [0.3, 0.4) is 0 Å². The Bertz CT molecular complexity index is 778. The number of hydrogen-bond donors (Lipinski definition) is 1. The molecule has 3 rings (SSSR count). The van der Waals surface area contributed by atoms with E-state index in [-0.39, 0.29) is 25.3 Å². The molecule has 2 aromatic rings. The van der Waals surface area contributed by atoms with Crippen LogP contribution in [0.2, 0.25) is 0 Å². The van der Waals surface area contributed by atoms with Crippen LogP contribution in [0.1, 0.15) is 30.0 Å². The average Bonchev–Trinajstić information content (AvgIpc) is 3.12. The highest BCUT2D eigenvalue weighted by Crippen LogP contribution is 2.33. The largest absolute Gasteiger partial charge is 0.488 e. The van der Waals surface area contributed by atoms with Crippen LogP contribution in [0.15, 0.2) is 36.4 Å². The van der Waals surface area contributed by atoms with Crippen molar-refractivity contribution in [3.8, 4) is 16.9 Å². The minimum absolute atomic E-state index is 0.0188. The molecule has 138 valence electrons. The van der Waals surface area contributed by atoms with Crippen LogP contribution in [-0.4, -0.2) is 30.4 Å². The maximum Gasteiger partial charge on any atom is 0.302 e. The third-order valence-corrected chi connectivity index (χ3v) is 4.41. The molecular formula is C21H24O5. The number of aryl methyl sites for hydroxylation is 1. The highest BCUT2D eigenvalue weighted by atomic mass is 16.5. The van der Waals surface area contributed by atoms with Gasteiger partial charge in [0.2, 0.25) is 0 Å². The second kappa shape index (κ2) is 8.34. The molecule has 5 nitrogen and oxygen atoms in total. The van der Waals surface area contributed by atoms with Crippen LogP contribution < -0.4 is 4.74 Å². The summed E-state index contributed by atoms with van der Waals surface area (Å²) in [5, 5.41) is 9.43. The first kappa shape index (κ1) is 18.4. The maximum absolute atomic E-state index is 11.3. The first-order chi connectivity index (χ1) is 12.6. The SMILES string of the molecule is CC(=O)OCc1cc(O[C@@H]2CCOC2)cc(C)c1-c1cccc(CO)c1. The molecule has 2 aromatic carbocycles. The molecule has 0 bridgehead atoms. The minimum atomic E-state index is -0.326. The van der Waals surface area contributed by atoms with Crippen molar-refractivity contribution >= 4 is 5.97 Å². The summed E-state index contributed by atoms with van der Waals surface area (Å²) >= 11 is 0. The molecule has 1 atom stereocenters. The smallest absolute Gasteiger partial charge is 0.302 e. The fourth-order valence-electron chi connectivity index (χ4n) is 3.22. The fourth-order valence-corrected chi connectivity index (χ4v) is 3.22. The summed E-state index contributed by atoms with van der Waals surface area (Å²) in [7, 11) is 0. The van der Waals surface area contributed by atoms with Crippen molar-refractivity contribution in [2.75, 3.05) is 13.2 Å². The van der Waals surface area contributed by atoms with Crippen LogP contribution in [0, 0.1) is 6.92 Å². The van der Waals surface area contributed by atoms with E-state index in [1.54, 1.807) is 0 Å². The highest BCUT2D eigenvalue weighted by molar-refractivity contribution is 5.73. The second-order valence-corrected chi connectivity index (χ2v) is 6.52. The van der Waals surface area contributed by atoms with Crippen molar-refractivity contribution < 1.29 is 24.1 Å². The number of hydrogen-bond acceptors (Lipinski definition) is 5. The number of rotatable bonds is 6. The molecule has 0 aromatic heterocycles. The quantitative estimate of drug-likeness (QED) is 0.804. The zero-order valence-corrected chi connectivity index (χ0v) is 15.2. The third-order valence-electron chi connectivity index (χ3n) is 4.41. The molecule has 1 aliphatic rings. The second-order valence-electron chi connectivity index (χ2n) is 6.52. The lowest BCUT2D eigenvalue weighted by molar-refractivity contribution is -0.142. The van der Waals surface area contributed by atoms with E-state index < -0.39 is 0 Å². The van der Waals surface area contributed by atoms with Crippen molar-refractivity contribution in [3.05, 3.63) is 53.1 Å². The molecule has 0 aliphatic carbocycles. The number of carbonyl (C=O) groups is 1. The molecular weight excluding hydrogens is 332 g/mol. The Morgan fingerprint density at radius 3 is 2.85 bits per heavy atom. The molecule has 0 unspecified atom stereocenters. The molecule has 0 saturated carbocycles. The van der Waals surface area contributed by atoms with Gasteiger partial charge < -0.3 is 19.3 Å². The van der Waals surface area contributed by atoms with Crippen molar-refractivity contribution in [2.24, 2.45) is 0 Å². The first-order valence-electron chi connectivity index (χ1n) is 8.78. The van der Waals surface area contributed by atoms with Crippen LogP contribution in [0.4, 0.5) is 0 Å². The molecule has 1 heterocycles. The van der Waals surface area contributed by atoms with Crippen LogP contribution in [0.25, 0.3) is 11.1 Å². The number of benzene rings is 2. The zero-order chi connectivity index (χ0) is 18.5. The van der Waals surface area contributed by atoms with E-state index in [0.29, 0.717) is 6.61 Å². The lowest BCUT2D eigenvalue weighted by Crippen LogP contribution is -2.16. The van der Waals surface area contributed by atoms with Crippen LogP contribution in [-0.2, 0) is 27.5 Å². The van der Waals surface area contributed by atoms with Crippen LogP contribution in [0.5, 0.6) is 5.75 Å². The number of ether oxygens (including phenoxy) is 3. The Balaban J connectivity index is 1.98. The Kier molecular flexibility index (Phi) is 5.91. The van der Waals surface area contributed by atoms with Gasteiger partial charge in [-0.25, -0.2) is 0 Å². The number of aliphatic hydroxyl groups is 1. The summed E-state index contributed by atoms with van der Waals surface area (Å²) in [5.41, 5.74) is 4.72. The fraction of sp³-hybridized carbons (Fsp3) is 0.381. The Labute approximate surface area is 153 Å².